The van der Waals surface area contributed by atoms with Crippen LogP contribution in [0.5, 0.6) is 0 Å². The Hall–Kier alpha value is -2.35. The summed E-state index contributed by atoms with van der Waals surface area (Å²) in [5.41, 5.74) is 6.40. The third kappa shape index (κ3) is 5.34. The fourth-order valence-electron chi connectivity index (χ4n) is 2.36. The third-order valence-corrected chi connectivity index (χ3v) is 5.16. The molecule has 0 aliphatic carbocycles. The van der Waals surface area contributed by atoms with Crippen LogP contribution in [0, 0.1) is 17.1 Å². The normalized spacial score (nSPS) is 12.4. The number of amides is 2. The molecule has 9 heteroatoms. The predicted octanol–water partition coefficient (Wildman–Crippen LogP) is 3.43. The number of aliphatic hydroxyl groups excluding tert-OH is 1. The summed E-state index contributed by atoms with van der Waals surface area (Å²) in [6, 6.07) is 8.91. The molecule has 2 aromatic carbocycles. The Morgan fingerprint density at radius 3 is 2.39 bits per heavy atom. The highest BCUT2D eigenvalue weighted by Gasteiger charge is 2.25. The van der Waals surface area contributed by atoms with Gasteiger partial charge in [0, 0.05) is 14.8 Å². The van der Waals surface area contributed by atoms with Crippen molar-refractivity contribution in [2.75, 3.05) is 5.32 Å². The zero-order valence-corrected chi connectivity index (χ0v) is 18.0. The van der Waals surface area contributed by atoms with Gasteiger partial charge >= 0.3 is 0 Å². The second-order valence-corrected chi connectivity index (χ2v) is 7.62. The van der Waals surface area contributed by atoms with E-state index in [4.69, 9.17) is 18.2 Å². The van der Waals surface area contributed by atoms with Crippen molar-refractivity contribution >= 4 is 57.4 Å². The Morgan fingerprint density at radius 1 is 1.18 bits per heavy atom. The number of nitrogens with one attached hydrogen (secondary N) is 3. The first-order valence-electron chi connectivity index (χ1n) is 8.21. The van der Waals surface area contributed by atoms with Gasteiger partial charge < -0.3 is 10.4 Å². The highest BCUT2D eigenvalue weighted by Crippen LogP contribution is 2.33. The molecule has 0 spiro atoms. The number of rotatable bonds is 5. The first kappa shape index (κ1) is 21.9. The molecule has 0 unspecified atom stereocenters. The number of hydrazine groups is 1. The Labute approximate surface area is 181 Å². The molecule has 0 aliphatic heterocycles. The van der Waals surface area contributed by atoms with E-state index in [1.54, 1.807) is 37.3 Å². The molecule has 4 N–H and O–H groups in total. The molecule has 2 atom stereocenters. The summed E-state index contributed by atoms with van der Waals surface area (Å²) in [7, 11) is 0. The molecule has 0 aliphatic rings. The van der Waals surface area contributed by atoms with Crippen LogP contribution in [0.25, 0.3) is 4.85 Å². The number of anilines is 1. The minimum atomic E-state index is -1.06. The SMILES string of the molecule is [C-]#[N+]c1ccc(N[C@@H](C(=O)NNC(=O)c2ccc(I)cc2)[C@H](C)O)c(C)c1Cl. The summed E-state index contributed by atoms with van der Waals surface area (Å²) in [6.45, 7) is 10.2. The molecule has 0 saturated carbocycles. The van der Waals surface area contributed by atoms with E-state index in [1.807, 2.05) is 0 Å². The van der Waals surface area contributed by atoms with E-state index in [0.717, 1.165) is 3.57 Å². The van der Waals surface area contributed by atoms with Crippen molar-refractivity contribution in [3.8, 4) is 0 Å². The molecule has 0 fully saturated rings. The van der Waals surface area contributed by atoms with Crippen LogP contribution in [-0.2, 0) is 4.79 Å². The van der Waals surface area contributed by atoms with E-state index in [0.29, 0.717) is 22.5 Å². The Morgan fingerprint density at radius 2 is 1.82 bits per heavy atom. The van der Waals surface area contributed by atoms with Gasteiger partial charge in [-0.15, -0.1) is 0 Å². The molecule has 7 nitrogen and oxygen atoms in total. The molecule has 0 heterocycles. The van der Waals surface area contributed by atoms with Crippen molar-refractivity contribution in [1.82, 2.24) is 10.9 Å². The van der Waals surface area contributed by atoms with Gasteiger partial charge in [0.05, 0.1) is 17.7 Å². The molecular formula is C19H18ClIN4O3. The summed E-state index contributed by atoms with van der Waals surface area (Å²) in [5, 5.41) is 13.2. The highest BCUT2D eigenvalue weighted by molar-refractivity contribution is 14.1. The van der Waals surface area contributed by atoms with Gasteiger partial charge in [0.25, 0.3) is 11.8 Å². The number of benzene rings is 2. The summed E-state index contributed by atoms with van der Waals surface area (Å²) < 4.78 is 0.981. The number of carbonyl (C=O) groups excluding carboxylic acids is 2. The lowest BCUT2D eigenvalue weighted by Crippen LogP contribution is -2.52. The molecule has 0 bridgehead atoms. The molecular weight excluding hydrogens is 495 g/mol. The smallest absolute Gasteiger partial charge is 0.269 e. The van der Waals surface area contributed by atoms with Crippen molar-refractivity contribution in [2.24, 2.45) is 0 Å². The Bertz CT molecular complexity index is 926. The summed E-state index contributed by atoms with van der Waals surface area (Å²) in [4.78, 5) is 27.9. The van der Waals surface area contributed by atoms with Crippen molar-refractivity contribution < 1.29 is 14.7 Å². The number of hydrogen-bond acceptors (Lipinski definition) is 4. The topological polar surface area (TPSA) is 94.8 Å². The molecule has 0 saturated heterocycles. The zero-order chi connectivity index (χ0) is 20.8. The van der Waals surface area contributed by atoms with E-state index < -0.39 is 24.0 Å². The summed E-state index contributed by atoms with van der Waals surface area (Å²) in [6.07, 6.45) is -1.06. The van der Waals surface area contributed by atoms with Gasteiger partial charge in [0.15, 0.2) is 0 Å². The fraction of sp³-hybridized carbons (Fsp3) is 0.211. The van der Waals surface area contributed by atoms with Crippen LogP contribution < -0.4 is 16.2 Å². The first-order valence-corrected chi connectivity index (χ1v) is 9.67. The second-order valence-electron chi connectivity index (χ2n) is 6.00. The Kier molecular flexibility index (Phi) is 7.62. The third-order valence-electron chi connectivity index (χ3n) is 3.97. The largest absolute Gasteiger partial charge is 0.391 e. The van der Waals surface area contributed by atoms with Gasteiger partial charge in [0.1, 0.15) is 6.04 Å². The van der Waals surface area contributed by atoms with E-state index in [-0.39, 0.29) is 5.02 Å². The fourth-order valence-corrected chi connectivity index (χ4v) is 2.92. The summed E-state index contributed by atoms with van der Waals surface area (Å²) >= 11 is 8.27. The average Bonchev–Trinajstić information content (AvgIpc) is 2.67. The van der Waals surface area contributed by atoms with Gasteiger partial charge in [-0.3, -0.25) is 20.4 Å². The van der Waals surface area contributed by atoms with E-state index in [1.165, 1.54) is 13.0 Å². The van der Waals surface area contributed by atoms with E-state index in [2.05, 4.69) is 43.6 Å². The second kappa shape index (κ2) is 9.73. The van der Waals surface area contributed by atoms with Crippen molar-refractivity contribution in [3.63, 3.8) is 0 Å². The predicted molar refractivity (Wildman–Crippen MR) is 116 cm³/mol. The minimum Gasteiger partial charge on any atom is -0.391 e. The first-order chi connectivity index (χ1) is 13.2. The standard InChI is InChI=1S/C19H18ClIN4O3/c1-10-14(8-9-15(22-3)16(10)20)23-17(11(2)26)19(28)25-24-18(27)12-4-6-13(21)7-5-12/h4-9,11,17,23,26H,1-2H3,(H,24,27)(H,25,28)/t11-,17+/m0/s1. The summed E-state index contributed by atoms with van der Waals surface area (Å²) in [5.74, 6) is -1.10. The van der Waals surface area contributed by atoms with Crippen LogP contribution >= 0.6 is 34.2 Å². The lowest BCUT2D eigenvalue weighted by Gasteiger charge is -2.23. The van der Waals surface area contributed by atoms with Gasteiger partial charge in [-0.2, -0.15) is 0 Å². The van der Waals surface area contributed by atoms with Gasteiger partial charge in [-0.1, -0.05) is 17.7 Å². The van der Waals surface area contributed by atoms with Gasteiger partial charge in [0.2, 0.25) is 5.69 Å². The monoisotopic (exact) mass is 512 g/mol. The van der Waals surface area contributed by atoms with Gasteiger partial charge in [-0.25, -0.2) is 4.85 Å². The molecule has 2 amide bonds. The lowest BCUT2D eigenvalue weighted by molar-refractivity contribution is -0.124. The van der Waals surface area contributed by atoms with Crippen LogP contribution in [0.3, 0.4) is 0 Å². The molecule has 146 valence electrons. The zero-order valence-electron chi connectivity index (χ0n) is 15.1. The number of hydrogen-bond donors (Lipinski definition) is 4. The number of nitrogens with zero attached hydrogens (tertiary/aromatic N) is 1. The molecule has 28 heavy (non-hydrogen) atoms. The van der Waals surface area contributed by atoms with E-state index >= 15 is 0 Å². The molecule has 0 radical (unpaired) electrons. The maximum absolute atomic E-state index is 12.5. The molecule has 2 aromatic rings. The molecule has 2 rings (SSSR count). The van der Waals surface area contributed by atoms with Crippen LogP contribution in [-0.4, -0.2) is 29.1 Å². The number of aliphatic hydroxyl groups is 1. The quantitative estimate of drug-likeness (QED) is 0.281. The van der Waals surface area contributed by atoms with Crippen molar-refractivity contribution in [2.45, 2.75) is 26.0 Å². The van der Waals surface area contributed by atoms with Crippen LogP contribution in [0.1, 0.15) is 22.8 Å². The number of halogens is 2. The minimum absolute atomic E-state index is 0.275. The molecule has 0 aromatic heterocycles. The van der Waals surface area contributed by atoms with Crippen LogP contribution in [0.4, 0.5) is 11.4 Å². The number of carbonyl (C=O) groups is 2. The van der Waals surface area contributed by atoms with Crippen LogP contribution in [0.15, 0.2) is 36.4 Å². The average molecular weight is 513 g/mol. The lowest BCUT2D eigenvalue weighted by atomic mass is 10.1. The maximum atomic E-state index is 12.5. The Balaban J connectivity index is 2.08. The van der Waals surface area contributed by atoms with Crippen LogP contribution in [0.2, 0.25) is 5.02 Å². The maximum Gasteiger partial charge on any atom is 0.269 e. The van der Waals surface area contributed by atoms with E-state index in [9.17, 15) is 14.7 Å². The van der Waals surface area contributed by atoms with Gasteiger partial charge in [-0.05, 0) is 72.3 Å². The van der Waals surface area contributed by atoms with Crippen molar-refractivity contribution in [1.29, 1.82) is 0 Å². The van der Waals surface area contributed by atoms with Crippen molar-refractivity contribution in [3.05, 3.63) is 67.5 Å². The highest BCUT2D eigenvalue weighted by atomic mass is 127.